The predicted octanol–water partition coefficient (Wildman–Crippen LogP) is 3.38. The lowest BCUT2D eigenvalue weighted by Crippen LogP contribution is -2.13. The SMILES string of the molecule is CCC(=O)Nc1ccc(C(=O)COC(=O)/C=C/c2cccc([N+](=O)[O-])c2)cc1. The Balaban J connectivity index is 1.88. The van der Waals surface area contributed by atoms with Crippen LogP contribution >= 0.6 is 0 Å². The molecular weight excluding hydrogens is 364 g/mol. The lowest BCUT2D eigenvalue weighted by Gasteiger charge is -2.05. The Labute approximate surface area is 161 Å². The van der Waals surface area contributed by atoms with Gasteiger partial charge in [0.1, 0.15) is 0 Å². The minimum absolute atomic E-state index is 0.0933. The number of hydrogen-bond acceptors (Lipinski definition) is 6. The van der Waals surface area contributed by atoms with Gasteiger partial charge in [-0.15, -0.1) is 0 Å². The summed E-state index contributed by atoms with van der Waals surface area (Å²) in [6, 6.07) is 12.0. The molecule has 0 spiro atoms. The van der Waals surface area contributed by atoms with Crippen molar-refractivity contribution in [2.75, 3.05) is 11.9 Å². The van der Waals surface area contributed by atoms with Crippen molar-refractivity contribution in [1.82, 2.24) is 0 Å². The summed E-state index contributed by atoms with van der Waals surface area (Å²) in [5.74, 6) is -1.28. The smallest absolute Gasteiger partial charge is 0.331 e. The van der Waals surface area contributed by atoms with E-state index in [2.05, 4.69) is 5.32 Å². The molecule has 0 radical (unpaired) electrons. The van der Waals surface area contributed by atoms with Crippen LogP contribution in [0, 0.1) is 10.1 Å². The van der Waals surface area contributed by atoms with Crippen molar-refractivity contribution < 1.29 is 24.0 Å². The highest BCUT2D eigenvalue weighted by molar-refractivity contribution is 5.99. The fraction of sp³-hybridized carbons (Fsp3) is 0.150. The molecular formula is C20H18N2O6. The number of carbonyl (C=O) groups is 3. The quantitative estimate of drug-likeness (QED) is 0.246. The summed E-state index contributed by atoms with van der Waals surface area (Å²) in [7, 11) is 0. The molecule has 0 aliphatic rings. The van der Waals surface area contributed by atoms with Crippen molar-refractivity contribution in [2.45, 2.75) is 13.3 Å². The van der Waals surface area contributed by atoms with Crippen molar-refractivity contribution in [3.8, 4) is 0 Å². The molecule has 2 rings (SSSR count). The topological polar surface area (TPSA) is 116 Å². The molecule has 28 heavy (non-hydrogen) atoms. The zero-order chi connectivity index (χ0) is 20.5. The van der Waals surface area contributed by atoms with Crippen LogP contribution in [0.2, 0.25) is 0 Å². The number of carbonyl (C=O) groups excluding carboxylic acids is 3. The number of Topliss-reactive ketones (excluding diaryl/α,β-unsaturated/α-hetero) is 1. The third-order valence-electron chi connectivity index (χ3n) is 3.65. The number of ether oxygens (including phenoxy) is 1. The molecule has 2 aromatic carbocycles. The van der Waals surface area contributed by atoms with Crippen LogP contribution in [-0.4, -0.2) is 29.2 Å². The molecule has 0 saturated carbocycles. The molecule has 0 heterocycles. The van der Waals surface area contributed by atoms with Crippen LogP contribution in [0.3, 0.4) is 0 Å². The van der Waals surface area contributed by atoms with E-state index >= 15 is 0 Å². The second-order valence-corrected chi connectivity index (χ2v) is 5.70. The van der Waals surface area contributed by atoms with Crippen LogP contribution in [0.25, 0.3) is 6.08 Å². The molecule has 1 N–H and O–H groups in total. The minimum Gasteiger partial charge on any atom is -0.454 e. The number of benzene rings is 2. The molecule has 0 unspecified atom stereocenters. The van der Waals surface area contributed by atoms with Gasteiger partial charge in [0.25, 0.3) is 5.69 Å². The number of non-ortho nitro benzene ring substituents is 1. The summed E-state index contributed by atoms with van der Waals surface area (Å²) in [5, 5.41) is 13.4. The number of nitrogens with zero attached hydrogens (tertiary/aromatic N) is 1. The number of nitrogens with one attached hydrogen (secondary N) is 1. The van der Waals surface area contributed by atoms with Crippen molar-refractivity contribution in [3.63, 3.8) is 0 Å². The van der Waals surface area contributed by atoms with Crippen LogP contribution < -0.4 is 5.32 Å². The number of nitro benzene ring substituents is 1. The zero-order valence-electron chi connectivity index (χ0n) is 15.1. The number of rotatable bonds is 8. The lowest BCUT2D eigenvalue weighted by molar-refractivity contribution is -0.384. The van der Waals surface area contributed by atoms with Gasteiger partial charge in [0.2, 0.25) is 5.91 Å². The number of amides is 1. The molecule has 8 heteroatoms. The number of nitro groups is 1. The van der Waals surface area contributed by atoms with Crippen LogP contribution in [0.1, 0.15) is 29.3 Å². The van der Waals surface area contributed by atoms with E-state index in [-0.39, 0.29) is 11.6 Å². The maximum atomic E-state index is 12.1. The van der Waals surface area contributed by atoms with Crippen LogP contribution in [0.15, 0.2) is 54.6 Å². The van der Waals surface area contributed by atoms with E-state index in [9.17, 15) is 24.5 Å². The fourth-order valence-corrected chi connectivity index (χ4v) is 2.16. The van der Waals surface area contributed by atoms with Gasteiger partial charge in [0.15, 0.2) is 12.4 Å². The number of ketones is 1. The first-order valence-electron chi connectivity index (χ1n) is 8.41. The molecule has 0 bridgehead atoms. The minimum atomic E-state index is -0.744. The first-order chi connectivity index (χ1) is 13.4. The Kier molecular flexibility index (Phi) is 7.15. The van der Waals surface area contributed by atoms with Crippen LogP contribution in [0.5, 0.6) is 0 Å². The molecule has 0 fully saturated rings. The summed E-state index contributed by atoms with van der Waals surface area (Å²) < 4.78 is 4.89. The molecule has 0 atom stereocenters. The Morgan fingerprint density at radius 3 is 2.50 bits per heavy atom. The molecule has 8 nitrogen and oxygen atoms in total. The highest BCUT2D eigenvalue weighted by Gasteiger charge is 2.09. The standard InChI is InChI=1S/C20H18N2O6/c1-2-19(24)21-16-9-7-15(8-10-16)18(23)13-28-20(25)11-6-14-4-3-5-17(12-14)22(26)27/h3-12H,2,13H2,1H3,(H,21,24)/b11-6+. The van der Waals surface area contributed by atoms with Crippen molar-refractivity contribution in [1.29, 1.82) is 0 Å². The lowest BCUT2D eigenvalue weighted by atomic mass is 10.1. The number of anilines is 1. The van der Waals surface area contributed by atoms with E-state index in [0.29, 0.717) is 23.2 Å². The molecule has 1 amide bonds. The van der Waals surface area contributed by atoms with E-state index < -0.39 is 23.3 Å². The highest BCUT2D eigenvalue weighted by atomic mass is 16.6. The van der Waals surface area contributed by atoms with E-state index in [0.717, 1.165) is 6.08 Å². The highest BCUT2D eigenvalue weighted by Crippen LogP contribution is 2.14. The molecule has 0 saturated heterocycles. The molecule has 144 valence electrons. The maximum absolute atomic E-state index is 12.1. The Hall–Kier alpha value is -3.81. The first-order valence-corrected chi connectivity index (χ1v) is 8.41. The monoisotopic (exact) mass is 382 g/mol. The second kappa shape index (κ2) is 9.77. The van der Waals surface area contributed by atoms with Crippen LogP contribution in [0.4, 0.5) is 11.4 Å². The van der Waals surface area contributed by atoms with Gasteiger partial charge in [-0.3, -0.25) is 19.7 Å². The summed E-state index contributed by atoms with van der Waals surface area (Å²) in [6.45, 7) is 1.29. The molecule has 0 aliphatic heterocycles. The molecule has 2 aromatic rings. The third-order valence-corrected chi connectivity index (χ3v) is 3.65. The normalized spacial score (nSPS) is 10.5. The van der Waals surface area contributed by atoms with E-state index in [1.54, 1.807) is 25.1 Å². The van der Waals surface area contributed by atoms with Gasteiger partial charge in [-0.1, -0.05) is 19.1 Å². The van der Waals surface area contributed by atoms with Gasteiger partial charge in [-0.05, 0) is 35.9 Å². The van der Waals surface area contributed by atoms with Crippen molar-refractivity contribution in [3.05, 3.63) is 75.8 Å². The van der Waals surface area contributed by atoms with Gasteiger partial charge < -0.3 is 10.1 Å². The van der Waals surface area contributed by atoms with E-state index in [4.69, 9.17) is 4.74 Å². The Bertz CT molecular complexity index is 919. The number of esters is 1. The largest absolute Gasteiger partial charge is 0.454 e. The summed E-state index contributed by atoms with van der Waals surface area (Å²) >= 11 is 0. The summed E-state index contributed by atoms with van der Waals surface area (Å²) in [5.41, 5.74) is 1.27. The average molecular weight is 382 g/mol. The molecule has 0 aliphatic carbocycles. The maximum Gasteiger partial charge on any atom is 0.331 e. The Morgan fingerprint density at radius 2 is 1.86 bits per heavy atom. The van der Waals surface area contributed by atoms with E-state index in [1.165, 1.54) is 36.4 Å². The van der Waals surface area contributed by atoms with Crippen LogP contribution in [-0.2, 0) is 14.3 Å². The predicted molar refractivity (Wildman–Crippen MR) is 103 cm³/mol. The Morgan fingerprint density at radius 1 is 1.14 bits per heavy atom. The number of hydrogen-bond donors (Lipinski definition) is 1. The van der Waals surface area contributed by atoms with Gasteiger partial charge in [-0.2, -0.15) is 0 Å². The first kappa shape index (κ1) is 20.5. The van der Waals surface area contributed by atoms with Gasteiger partial charge in [0, 0.05) is 35.9 Å². The van der Waals surface area contributed by atoms with Crippen molar-refractivity contribution >= 4 is 35.1 Å². The summed E-state index contributed by atoms with van der Waals surface area (Å²) in [6.07, 6.45) is 2.81. The van der Waals surface area contributed by atoms with E-state index in [1.807, 2.05) is 0 Å². The van der Waals surface area contributed by atoms with Gasteiger partial charge >= 0.3 is 5.97 Å². The average Bonchev–Trinajstić information content (AvgIpc) is 2.71. The van der Waals surface area contributed by atoms with Gasteiger partial charge in [0.05, 0.1) is 4.92 Å². The second-order valence-electron chi connectivity index (χ2n) is 5.70. The third kappa shape index (κ3) is 6.17. The molecule has 0 aromatic heterocycles. The fourth-order valence-electron chi connectivity index (χ4n) is 2.16. The van der Waals surface area contributed by atoms with Crippen molar-refractivity contribution in [2.24, 2.45) is 0 Å². The zero-order valence-corrected chi connectivity index (χ0v) is 15.1. The van der Waals surface area contributed by atoms with Gasteiger partial charge in [-0.25, -0.2) is 4.79 Å². The summed E-state index contributed by atoms with van der Waals surface area (Å²) in [4.78, 5) is 45.3.